The van der Waals surface area contributed by atoms with Crippen molar-refractivity contribution in [3.8, 4) is 0 Å². The van der Waals surface area contributed by atoms with Gasteiger partial charge in [-0.3, -0.25) is 9.59 Å². The summed E-state index contributed by atoms with van der Waals surface area (Å²) in [6, 6.07) is 0. The Labute approximate surface area is 97.0 Å². The van der Waals surface area contributed by atoms with Gasteiger partial charge in [0.15, 0.2) is 0 Å². The fourth-order valence-electron chi connectivity index (χ4n) is 1.26. The minimum atomic E-state index is -0.998. The lowest BCUT2D eigenvalue weighted by atomic mass is 9.84. The zero-order valence-corrected chi connectivity index (χ0v) is 10.4. The van der Waals surface area contributed by atoms with Crippen LogP contribution < -0.4 is 0 Å². The SMILES string of the molecule is CCCCCOC(=O)CC(C)(CC)C(=O)O. The average Bonchev–Trinajstić information content (AvgIpc) is 2.24. The lowest BCUT2D eigenvalue weighted by Crippen LogP contribution is -2.30. The quantitative estimate of drug-likeness (QED) is 0.514. The molecule has 0 bridgehead atoms. The maximum Gasteiger partial charge on any atom is 0.309 e. The van der Waals surface area contributed by atoms with E-state index in [1.165, 1.54) is 0 Å². The van der Waals surface area contributed by atoms with Gasteiger partial charge in [0.2, 0.25) is 0 Å². The smallest absolute Gasteiger partial charge is 0.309 e. The molecule has 0 rings (SSSR count). The molecule has 0 saturated carbocycles. The lowest BCUT2D eigenvalue weighted by molar-refractivity contribution is -0.157. The van der Waals surface area contributed by atoms with Gasteiger partial charge in [0.1, 0.15) is 0 Å². The summed E-state index contributed by atoms with van der Waals surface area (Å²) >= 11 is 0. The Morgan fingerprint density at radius 3 is 2.31 bits per heavy atom. The average molecular weight is 230 g/mol. The highest BCUT2D eigenvalue weighted by Gasteiger charge is 2.34. The van der Waals surface area contributed by atoms with Crippen LogP contribution in [0.3, 0.4) is 0 Å². The summed E-state index contributed by atoms with van der Waals surface area (Å²) in [7, 11) is 0. The fourth-order valence-corrected chi connectivity index (χ4v) is 1.26. The third-order valence-electron chi connectivity index (χ3n) is 2.84. The van der Waals surface area contributed by atoms with Crippen LogP contribution >= 0.6 is 0 Å². The number of ether oxygens (including phenoxy) is 1. The Bertz CT molecular complexity index is 237. The van der Waals surface area contributed by atoms with Crippen molar-refractivity contribution < 1.29 is 19.4 Å². The van der Waals surface area contributed by atoms with E-state index < -0.39 is 17.4 Å². The van der Waals surface area contributed by atoms with Gasteiger partial charge in [-0.15, -0.1) is 0 Å². The van der Waals surface area contributed by atoms with E-state index in [0.717, 1.165) is 19.3 Å². The van der Waals surface area contributed by atoms with Gasteiger partial charge in [-0.25, -0.2) is 0 Å². The molecule has 4 nitrogen and oxygen atoms in total. The van der Waals surface area contributed by atoms with Gasteiger partial charge in [0.05, 0.1) is 18.4 Å². The summed E-state index contributed by atoms with van der Waals surface area (Å²) in [5, 5.41) is 8.98. The zero-order chi connectivity index (χ0) is 12.6. The van der Waals surface area contributed by atoms with Gasteiger partial charge >= 0.3 is 11.9 Å². The predicted molar refractivity (Wildman–Crippen MR) is 61.1 cm³/mol. The van der Waals surface area contributed by atoms with E-state index in [0.29, 0.717) is 13.0 Å². The third kappa shape index (κ3) is 5.14. The van der Waals surface area contributed by atoms with Crippen LogP contribution in [0.1, 0.15) is 52.9 Å². The molecule has 0 aromatic heterocycles. The Morgan fingerprint density at radius 1 is 1.25 bits per heavy atom. The van der Waals surface area contributed by atoms with E-state index in [1.807, 2.05) is 0 Å². The van der Waals surface area contributed by atoms with E-state index in [-0.39, 0.29) is 6.42 Å². The molecule has 0 saturated heterocycles. The molecule has 0 aliphatic heterocycles. The summed E-state index contributed by atoms with van der Waals surface area (Å²) < 4.78 is 4.99. The Balaban J connectivity index is 3.98. The topological polar surface area (TPSA) is 63.6 Å². The van der Waals surface area contributed by atoms with Gasteiger partial charge in [0.25, 0.3) is 0 Å². The molecule has 0 fully saturated rings. The van der Waals surface area contributed by atoms with E-state index in [1.54, 1.807) is 13.8 Å². The van der Waals surface area contributed by atoms with Crippen molar-refractivity contribution in [2.24, 2.45) is 5.41 Å². The first-order valence-corrected chi connectivity index (χ1v) is 5.85. The molecule has 4 heteroatoms. The molecular weight excluding hydrogens is 208 g/mol. The lowest BCUT2D eigenvalue weighted by Gasteiger charge is -2.21. The second kappa shape index (κ2) is 7.25. The molecule has 0 amide bonds. The normalized spacial score (nSPS) is 14.2. The minimum Gasteiger partial charge on any atom is -0.481 e. The summed E-state index contributed by atoms with van der Waals surface area (Å²) in [6.07, 6.45) is 3.31. The second-order valence-corrected chi connectivity index (χ2v) is 4.32. The number of esters is 1. The van der Waals surface area contributed by atoms with Crippen molar-refractivity contribution in [1.29, 1.82) is 0 Å². The molecule has 1 N–H and O–H groups in total. The number of hydrogen-bond donors (Lipinski definition) is 1. The highest BCUT2D eigenvalue weighted by Crippen LogP contribution is 2.26. The van der Waals surface area contributed by atoms with Crippen LogP contribution in [0.15, 0.2) is 0 Å². The Hall–Kier alpha value is -1.06. The number of carbonyl (C=O) groups excluding carboxylic acids is 1. The predicted octanol–water partition coefficient (Wildman–Crippen LogP) is 2.61. The van der Waals surface area contributed by atoms with Crippen LogP contribution in [-0.2, 0) is 14.3 Å². The van der Waals surface area contributed by atoms with Gasteiger partial charge in [-0.05, 0) is 19.8 Å². The van der Waals surface area contributed by atoms with Crippen molar-refractivity contribution in [2.75, 3.05) is 6.61 Å². The molecule has 0 aliphatic rings. The van der Waals surface area contributed by atoms with Gasteiger partial charge in [-0.1, -0.05) is 26.7 Å². The van der Waals surface area contributed by atoms with Gasteiger partial charge in [0, 0.05) is 0 Å². The van der Waals surface area contributed by atoms with Crippen molar-refractivity contribution in [1.82, 2.24) is 0 Å². The van der Waals surface area contributed by atoms with E-state index in [9.17, 15) is 9.59 Å². The number of hydrogen-bond acceptors (Lipinski definition) is 3. The van der Waals surface area contributed by atoms with E-state index in [4.69, 9.17) is 9.84 Å². The summed E-state index contributed by atoms with van der Waals surface area (Å²) in [6.45, 7) is 5.80. The highest BCUT2D eigenvalue weighted by atomic mass is 16.5. The summed E-state index contributed by atoms with van der Waals surface area (Å²) in [5.41, 5.74) is -0.998. The Morgan fingerprint density at radius 2 is 1.88 bits per heavy atom. The molecule has 16 heavy (non-hydrogen) atoms. The first-order chi connectivity index (χ1) is 7.46. The van der Waals surface area contributed by atoms with Crippen molar-refractivity contribution >= 4 is 11.9 Å². The van der Waals surface area contributed by atoms with Crippen molar-refractivity contribution in [3.63, 3.8) is 0 Å². The fraction of sp³-hybridized carbons (Fsp3) is 0.833. The largest absolute Gasteiger partial charge is 0.481 e. The number of rotatable bonds is 8. The van der Waals surface area contributed by atoms with Crippen LogP contribution in [0.25, 0.3) is 0 Å². The maximum absolute atomic E-state index is 11.4. The van der Waals surface area contributed by atoms with Crippen molar-refractivity contribution in [3.05, 3.63) is 0 Å². The number of carboxylic acids is 1. The molecular formula is C12H22O4. The van der Waals surface area contributed by atoms with E-state index in [2.05, 4.69) is 6.92 Å². The highest BCUT2D eigenvalue weighted by molar-refractivity contribution is 5.81. The molecule has 0 heterocycles. The van der Waals surface area contributed by atoms with Gasteiger partial charge < -0.3 is 9.84 Å². The molecule has 0 aromatic carbocycles. The maximum atomic E-state index is 11.4. The molecule has 1 atom stereocenters. The monoisotopic (exact) mass is 230 g/mol. The van der Waals surface area contributed by atoms with Crippen LogP contribution in [0.2, 0.25) is 0 Å². The number of aliphatic carboxylic acids is 1. The third-order valence-corrected chi connectivity index (χ3v) is 2.84. The number of carbonyl (C=O) groups is 2. The Kier molecular flexibility index (Phi) is 6.77. The van der Waals surface area contributed by atoms with Crippen LogP contribution in [0.5, 0.6) is 0 Å². The summed E-state index contributed by atoms with van der Waals surface area (Å²) in [5.74, 6) is -1.36. The van der Waals surface area contributed by atoms with Crippen molar-refractivity contribution in [2.45, 2.75) is 52.9 Å². The molecule has 94 valence electrons. The minimum absolute atomic E-state index is 0.0506. The standard InChI is InChI=1S/C12H22O4/c1-4-6-7-8-16-10(13)9-12(3,5-2)11(14)15/h4-9H2,1-3H3,(H,14,15). The van der Waals surface area contributed by atoms with Gasteiger partial charge in [-0.2, -0.15) is 0 Å². The molecule has 0 aliphatic carbocycles. The van der Waals surface area contributed by atoms with Crippen LogP contribution in [0, 0.1) is 5.41 Å². The molecule has 0 radical (unpaired) electrons. The first-order valence-electron chi connectivity index (χ1n) is 5.85. The number of unbranched alkanes of at least 4 members (excludes halogenated alkanes) is 2. The van der Waals surface area contributed by atoms with Crippen LogP contribution in [0.4, 0.5) is 0 Å². The van der Waals surface area contributed by atoms with Crippen LogP contribution in [-0.4, -0.2) is 23.7 Å². The second-order valence-electron chi connectivity index (χ2n) is 4.32. The molecule has 0 spiro atoms. The summed E-state index contributed by atoms with van der Waals surface area (Å²) in [4.78, 5) is 22.4. The van der Waals surface area contributed by atoms with E-state index >= 15 is 0 Å². The zero-order valence-electron chi connectivity index (χ0n) is 10.4. The molecule has 0 aromatic rings. The first kappa shape index (κ1) is 14.9. The number of carboxylic acid groups (broad SMARTS) is 1. The molecule has 1 unspecified atom stereocenters.